The summed E-state index contributed by atoms with van der Waals surface area (Å²) >= 11 is 6.04. The van der Waals surface area contributed by atoms with Crippen molar-refractivity contribution in [2.24, 2.45) is 5.41 Å². The predicted octanol–water partition coefficient (Wildman–Crippen LogP) is 3.36. The molecule has 0 saturated carbocycles. The highest BCUT2D eigenvalue weighted by Crippen LogP contribution is 2.31. The molecule has 2 rings (SSSR count). The van der Waals surface area contributed by atoms with Gasteiger partial charge in [-0.15, -0.1) is 0 Å². The lowest BCUT2D eigenvalue weighted by Crippen LogP contribution is -2.40. The van der Waals surface area contributed by atoms with Gasteiger partial charge in [0, 0.05) is 12.2 Å². The molecule has 4 heteroatoms. The Bertz CT molecular complexity index is 485. The Kier molecular flexibility index (Phi) is 4.34. The monoisotopic (exact) mass is 277 g/mol. The number of benzene rings is 1. The van der Waals surface area contributed by atoms with Crippen molar-refractivity contribution in [1.29, 1.82) is 5.26 Å². The van der Waals surface area contributed by atoms with E-state index >= 15 is 0 Å². The van der Waals surface area contributed by atoms with Crippen LogP contribution in [0.1, 0.15) is 25.3 Å². The Balaban J connectivity index is 1.95. The van der Waals surface area contributed by atoms with Gasteiger partial charge in [0.1, 0.15) is 6.07 Å². The van der Waals surface area contributed by atoms with Crippen molar-refractivity contribution in [2.45, 2.75) is 19.8 Å². The number of anilines is 1. The maximum atomic E-state index is 8.85. The molecule has 0 aromatic heterocycles. The van der Waals surface area contributed by atoms with E-state index in [1.165, 1.54) is 12.8 Å². The van der Waals surface area contributed by atoms with Crippen LogP contribution in [0.5, 0.6) is 0 Å². The predicted molar refractivity (Wildman–Crippen MR) is 79.5 cm³/mol. The minimum absolute atomic E-state index is 0.340. The summed E-state index contributed by atoms with van der Waals surface area (Å²) < 4.78 is 0. The van der Waals surface area contributed by atoms with Gasteiger partial charge in [-0.25, -0.2) is 0 Å². The highest BCUT2D eigenvalue weighted by Gasteiger charge is 2.28. The summed E-state index contributed by atoms with van der Waals surface area (Å²) in [6.45, 7) is 5.60. The van der Waals surface area contributed by atoms with E-state index in [-0.39, 0.29) is 0 Å². The largest absolute Gasteiger partial charge is 0.384 e. The second kappa shape index (κ2) is 5.81. The van der Waals surface area contributed by atoms with Gasteiger partial charge in [0.25, 0.3) is 0 Å². The van der Waals surface area contributed by atoms with Gasteiger partial charge in [0.2, 0.25) is 0 Å². The molecule has 0 aliphatic carbocycles. The molecular weight excluding hydrogens is 258 g/mol. The van der Waals surface area contributed by atoms with Crippen molar-refractivity contribution in [3.8, 4) is 6.07 Å². The van der Waals surface area contributed by atoms with E-state index < -0.39 is 0 Å². The molecule has 0 amide bonds. The molecular formula is C15H20ClN3. The van der Waals surface area contributed by atoms with Gasteiger partial charge in [-0.2, -0.15) is 5.26 Å². The number of piperidine rings is 1. The zero-order chi connectivity index (χ0) is 13.9. The normalized spacial score (nSPS) is 18.8. The third-order valence-electron chi connectivity index (χ3n) is 4.00. The summed E-state index contributed by atoms with van der Waals surface area (Å²) in [6, 6.07) is 7.59. The smallest absolute Gasteiger partial charge is 0.101 e. The number of hydrogen-bond acceptors (Lipinski definition) is 3. The summed E-state index contributed by atoms with van der Waals surface area (Å²) in [6.07, 6.45) is 2.42. The zero-order valence-electron chi connectivity index (χ0n) is 11.5. The van der Waals surface area contributed by atoms with Gasteiger partial charge >= 0.3 is 0 Å². The van der Waals surface area contributed by atoms with E-state index in [1.807, 2.05) is 12.1 Å². The van der Waals surface area contributed by atoms with Crippen molar-refractivity contribution in [1.82, 2.24) is 4.90 Å². The van der Waals surface area contributed by atoms with Crippen LogP contribution >= 0.6 is 11.6 Å². The van der Waals surface area contributed by atoms with Crippen LogP contribution in [-0.2, 0) is 0 Å². The quantitative estimate of drug-likeness (QED) is 0.921. The first-order valence-electron chi connectivity index (χ1n) is 6.64. The standard InChI is InChI=1S/C15H20ClN3/c1-15(5-7-19(2)8-6-15)11-18-13-4-3-12(10-17)14(16)9-13/h3-4,9,18H,5-8,11H2,1-2H3. The summed E-state index contributed by atoms with van der Waals surface area (Å²) in [7, 11) is 2.17. The summed E-state index contributed by atoms with van der Waals surface area (Å²) in [4.78, 5) is 2.38. The fraction of sp³-hybridized carbons (Fsp3) is 0.533. The van der Waals surface area contributed by atoms with Crippen molar-refractivity contribution in [2.75, 3.05) is 32.0 Å². The van der Waals surface area contributed by atoms with Crippen LogP contribution in [-0.4, -0.2) is 31.6 Å². The fourth-order valence-corrected chi connectivity index (χ4v) is 2.59. The SMILES string of the molecule is CN1CCC(C)(CNc2ccc(C#N)c(Cl)c2)CC1. The molecule has 1 aliphatic rings. The molecule has 1 aromatic rings. The lowest BCUT2D eigenvalue weighted by atomic mass is 9.80. The fourth-order valence-electron chi connectivity index (χ4n) is 2.37. The van der Waals surface area contributed by atoms with Gasteiger partial charge in [-0.05, 0) is 56.6 Å². The van der Waals surface area contributed by atoms with Crippen molar-refractivity contribution >= 4 is 17.3 Å². The van der Waals surface area contributed by atoms with Crippen LogP contribution in [0.3, 0.4) is 0 Å². The number of rotatable bonds is 3. The average Bonchev–Trinajstić information content (AvgIpc) is 2.41. The van der Waals surface area contributed by atoms with E-state index in [4.69, 9.17) is 16.9 Å². The molecule has 1 heterocycles. The van der Waals surface area contributed by atoms with Gasteiger partial charge in [0.05, 0.1) is 10.6 Å². The lowest BCUT2D eigenvalue weighted by Gasteiger charge is -2.38. The molecule has 1 N–H and O–H groups in total. The van der Waals surface area contributed by atoms with Gasteiger partial charge < -0.3 is 10.2 Å². The van der Waals surface area contributed by atoms with Gasteiger partial charge in [-0.1, -0.05) is 18.5 Å². The molecule has 102 valence electrons. The third-order valence-corrected chi connectivity index (χ3v) is 4.32. The van der Waals surface area contributed by atoms with E-state index in [0.29, 0.717) is 16.0 Å². The van der Waals surface area contributed by atoms with Crippen LogP contribution in [0.2, 0.25) is 5.02 Å². The lowest BCUT2D eigenvalue weighted by molar-refractivity contribution is 0.150. The van der Waals surface area contributed by atoms with Crippen LogP contribution in [0.25, 0.3) is 0 Å². The van der Waals surface area contributed by atoms with E-state index in [0.717, 1.165) is 25.3 Å². The Hall–Kier alpha value is -1.24. The van der Waals surface area contributed by atoms with Crippen LogP contribution in [0, 0.1) is 16.7 Å². The van der Waals surface area contributed by atoms with Crippen LogP contribution < -0.4 is 5.32 Å². The second-order valence-corrected chi connectivity index (χ2v) is 6.18. The number of nitrogens with zero attached hydrogens (tertiary/aromatic N) is 2. The molecule has 0 radical (unpaired) electrons. The second-order valence-electron chi connectivity index (χ2n) is 5.77. The summed E-state index contributed by atoms with van der Waals surface area (Å²) in [5.41, 5.74) is 1.86. The van der Waals surface area contributed by atoms with Crippen LogP contribution in [0.4, 0.5) is 5.69 Å². The topological polar surface area (TPSA) is 39.1 Å². The molecule has 1 aromatic carbocycles. The molecule has 19 heavy (non-hydrogen) atoms. The summed E-state index contributed by atoms with van der Waals surface area (Å²) in [5, 5.41) is 12.8. The number of halogens is 1. The Morgan fingerprint density at radius 2 is 2.11 bits per heavy atom. The van der Waals surface area contributed by atoms with E-state index in [2.05, 4.69) is 30.3 Å². The van der Waals surface area contributed by atoms with Crippen LogP contribution in [0.15, 0.2) is 18.2 Å². The molecule has 3 nitrogen and oxygen atoms in total. The number of nitrogens with one attached hydrogen (secondary N) is 1. The first-order chi connectivity index (χ1) is 9.02. The van der Waals surface area contributed by atoms with Gasteiger partial charge in [-0.3, -0.25) is 0 Å². The maximum absolute atomic E-state index is 8.85. The molecule has 0 atom stereocenters. The number of likely N-dealkylation sites (tertiary alicyclic amines) is 1. The maximum Gasteiger partial charge on any atom is 0.101 e. The summed E-state index contributed by atoms with van der Waals surface area (Å²) in [5.74, 6) is 0. The average molecular weight is 278 g/mol. The highest BCUT2D eigenvalue weighted by atomic mass is 35.5. The number of nitriles is 1. The minimum Gasteiger partial charge on any atom is -0.384 e. The Morgan fingerprint density at radius 1 is 1.42 bits per heavy atom. The minimum atomic E-state index is 0.340. The van der Waals surface area contributed by atoms with Crippen molar-refractivity contribution < 1.29 is 0 Å². The third kappa shape index (κ3) is 3.62. The molecule has 0 unspecified atom stereocenters. The Morgan fingerprint density at radius 3 is 2.68 bits per heavy atom. The molecule has 1 fully saturated rings. The molecule has 1 saturated heterocycles. The molecule has 0 bridgehead atoms. The van der Waals surface area contributed by atoms with Crippen molar-refractivity contribution in [3.63, 3.8) is 0 Å². The van der Waals surface area contributed by atoms with E-state index in [1.54, 1.807) is 6.07 Å². The van der Waals surface area contributed by atoms with E-state index in [9.17, 15) is 0 Å². The highest BCUT2D eigenvalue weighted by molar-refractivity contribution is 6.32. The first kappa shape index (κ1) is 14.2. The molecule has 0 spiro atoms. The molecule has 1 aliphatic heterocycles. The van der Waals surface area contributed by atoms with Crippen molar-refractivity contribution in [3.05, 3.63) is 28.8 Å². The Labute approximate surface area is 120 Å². The van der Waals surface area contributed by atoms with Gasteiger partial charge in [0.15, 0.2) is 0 Å². The number of hydrogen-bond donors (Lipinski definition) is 1. The zero-order valence-corrected chi connectivity index (χ0v) is 12.3. The first-order valence-corrected chi connectivity index (χ1v) is 7.02.